The molecule has 1 fully saturated rings. The summed E-state index contributed by atoms with van der Waals surface area (Å²) >= 11 is 3.17. The molecule has 0 aromatic carbocycles. The first-order valence-electron chi connectivity index (χ1n) is 6.13. The average molecular weight is 294 g/mol. The number of carbonyl (C=O) groups is 1. The first kappa shape index (κ1) is 12.8. The third-order valence-corrected chi connectivity index (χ3v) is 4.81. The number of aromatic nitrogens is 1. The summed E-state index contributed by atoms with van der Waals surface area (Å²) in [5, 5.41) is 5.52. The Morgan fingerprint density at radius 3 is 3.11 bits per heavy atom. The smallest absolute Gasteiger partial charge is 0.231 e. The van der Waals surface area contributed by atoms with E-state index in [9.17, 15) is 4.79 Å². The van der Waals surface area contributed by atoms with Crippen LogP contribution >= 0.6 is 22.7 Å². The lowest BCUT2D eigenvalue weighted by Gasteiger charge is -2.05. The molecule has 100 valence electrons. The second-order valence-electron chi connectivity index (χ2n) is 4.50. The molecule has 1 unspecified atom stereocenters. The SMILES string of the molecule is Cc1ccc(-c2csc(NC(=O)C3CCOC3)n2)s1. The van der Waals surface area contributed by atoms with Crippen LogP contribution in [0.25, 0.3) is 10.6 Å². The lowest BCUT2D eigenvalue weighted by Crippen LogP contribution is -2.22. The van der Waals surface area contributed by atoms with Crippen LogP contribution in [0.5, 0.6) is 0 Å². The van der Waals surface area contributed by atoms with Crippen molar-refractivity contribution in [2.45, 2.75) is 13.3 Å². The molecule has 6 heteroatoms. The summed E-state index contributed by atoms with van der Waals surface area (Å²) in [6, 6.07) is 4.14. The Hall–Kier alpha value is -1.24. The largest absolute Gasteiger partial charge is 0.381 e. The van der Waals surface area contributed by atoms with Crippen molar-refractivity contribution in [1.82, 2.24) is 4.98 Å². The van der Waals surface area contributed by atoms with Gasteiger partial charge < -0.3 is 10.1 Å². The molecule has 1 aliphatic heterocycles. The summed E-state index contributed by atoms with van der Waals surface area (Å²) in [4.78, 5) is 18.8. The van der Waals surface area contributed by atoms with Crippen LogP contribution < -0.4 is 5.32 Å². The van der Waals surface area contributed by atoms with E-state index in [1.54, 1.807) is 11.3 Å². The van der Waals surface area contributed by atoms with Crippen molar-refractivity contribution in [1.29, 1.82) is 0 Å². The molecule has 0 saturated carbocycles. The predicted molar refractivity (Wildman–Crippen MR) is 77.7 cm³/mol. The lowest BCUT2D eigenvalue weighted by molar-refractivity contribution is -0.119. The van der Waals surface area contributed by atoms with Crippen molar-refractivity contribution in [3.8, 4) is 10.6 Å². The van der Waals surface area contributed by atoms with Gasteiger partial charge in [0.2, 0.25) is 5.91 Å². The van der Waals surface area contributed by atoms with Gasteiger partial charge in [-0.05, 0) is 25.5 Å². The molecule has 0 radical (unpaired) electrons. The maximum atomic E-state index is 11.9. The Bertz CT molecular complexity index is 585. The molecular formula is C13H14N2O2S2. The number of amides is 1. The van der Waals surface area contributed by atoms with Gasteiger partial charge in [0.25, 0.3) is 0 Å². The molecule has 0 bridgehead atoms. The highest BCUT2D eigenvalue weighted by atomic mass is 32.1. The van der Waals surface area contributed by atoms with Crippen molar-refractivity contribution in [2.24, 2.45) is 5.92 Å². The van der Waals surface area contributed by atoms with E-state index in [0.29, 0.717) is 18.3 Å². The minimum Gasteiger partial charge on any atom is -0.381 e. The van der Waals surface area contributed by atoms with E-state index in [1.165, 1.54) is 16.2 Å². The zero-order valence-corrected chi connectivity index (χ0v) is 12.1. The van der Waals surface area contributed by atoms with Crippen molar-refractivity contribution in [2.75, 3.05) is 18.5 Å². The zero-order valence-electron chi connectivity index (χ0n) is 10.5. The van der Waals surface area contributed by atoms with Crippen LogP contribution in [-0.4, -0.2) is 24.1 Å². The topological polar surface area (TPSA) is 51.2 Å². The molecule has 2 aromatic heterocycles. The summed E-state index contributed by atoms with van der Waals surface area (Å²) in [5.74, 6) is -0.0166. The van der Waals surface area contributed by atoms with Crippen LogP contribution in [0.4, 0.5) is 5.13 Å². The van der Waals surface area contributed by atoms with Gasteiger partial charge in [-0.1, -0.05) is 0 Å². The summed E-state index contributed by atoms with van der Waals surface area (Å²) in [6.07, 6.45) is 0.800. The van der Waals surface area contributed by atoms with Gasteiger partial charge in [-0.2, -0.15) is 0 Å². The van der Waals surface area contributed by atoms with Crippen molar-refractivity contribution in [3.63, 3.8) is 0 Å². The number of rotatable bonds is 3. The van der Waals surface area contributed by atoms with E-state index < -0.39 is 0 Å². The van der Waals surface area contributed by atoms with E-state index in [-0.39, 0.29) is 11.8 Å². The third-order valence-electron chi connectivity index (χ3n) is 3.03. The highest BCUT2D eigenvalue weighted by Crippen LogP contribution is 2.30. The predicted octanol–water partition coefficient (Wildman–Crippen LogP) is 3.16. The van der Waals surface area contributed by atoms with Gasteiger partial charge in [0.15, 0.2) is 5.13 Å². The van der Waals surface area contributed by atoms with E-state index in [0.717, 1.165) is 17.0 Å². The number of hydrogen-bond donors (Lipinski definition) is 1. The van der Waals surface area contributed by atoms with Crippen LogP contribution in [0.1, 0.15) is 11.3 Å². The number of nitrogens with one attached hydrogen (secondary N) is 1. The fourth-order valence-electron chi connectivity index (χ4n) is 1.97. The number of nitrogens with zero attached hydrogens (tertiary/aromatic N) is 1. The number of carbonyl (C=O) groups excluding carboxylic acids is 1. The molecular weight excluding hydrogens is 280 g/mol. The van der Waals surface area contributed by atoms with E-state index in [2.05, 4.69) is 29.4 Å². The maximum absolute atomic E-state index is 11.9. The maximum Gasteiger partial charge on any atom is 0.231 e. The third kappa shape index (κ3) is 2.86. The quantitative estimate of drug-likeness (QED) is 0.946. The molecule has 1 atom stereocenters. The molecule has 4 nitrogen and oxygen atoms in total. The summed E-state index contributed by atoms with van der Waals surface area (Å²) in [5.41, 5.74) is 0.932. The number of aryl methyl sites for hydroxylation is 1. The zero-order chi connectivity index (χ0) is 13.2. The Balaban J connectivity index is 1.69. The number of ether oxygens (including phenoxy) is 1. The number of hydrogen-bond acceptors (Lipinski definition) is 5. The van der Waals surface area contributed by atoms with Crippen LogP contribution in [0.2, 0.25) is 0 Å². The number of thiophene rings is 1. The fourth-order valence-corrected chi connectivity index (χ4v) is 3.58. The van der Waals surface area contributed by atoms with Gasteiger partial charge >= 0.3 is 0 Å². The second kappa shape index (κ2) is 5.40. The van der Waals surface area contributed by atoms with E-state index in [1.807, 2.05) is 5.38 Å². The Labute approximate surface area is 119 Å². The van der Waals surface area contributed by atoms with Gasteiger partial charge in [0, 0.05) is 16.9 Å². The van der Waals surface area contributed by atoms with Gasteiger partial charge in [-0.15, -0.1) is 22.7 Å². The van der Waals surface area contributed by atoms with Crippen molar-refractivity contribution < 1.29 is 9.53 Å². The van der Waals surface area contributed by atoms with Crippen LogP contribution in [0.3, 0.4) is 0 Å². The summed E-state index contributed by atoms with van der Waals surface area (Å²) < 4.78 is 5.22. The van der Waals surface area contributed by atoms with E-state index >= 15 is 0 Å². The van der Waals surface area contributed by atoms with Crippen molar-refractivity contribution in [3.05, 3.63) is 22.4 Å². The molecule has 3 rings (SSSR count). The van der Waals surface area contributed by atoms with Crippen LogP contribution in [-0.2, 0) is 9.53 Å². The molecule has 0 spiro atoms. The van der Waals surface area contributed by atoms with Gasteiger partial charge in [0.05, 0.1) is 23.1 Å². The highest BCUT2D eigenvalue weighted by Gasteiger charge is 2.24. The standard InChI is InChI=1S/C13H14N2O2S2/c1-8-2-3-11(19-8)10-7-18-13(14-10)15-12(16)9-4-5-17-6-9/h2-3,7,9H,4-6H2,1H3,(H,14,15,16). The Morgan fingerprint density at radius 2 is 2.42 bits per heavy atom. The number of thiazole rings is 1. The first-order valence-corrected chi connectivity index (χ1v) is 7.83. The average Bonchev–Trinajstić information content (AvgIpc) is 3.07. The molecule has 19 heavy (non-hydrogen) atoms. The van der Waals surface area contributed by atoms with Gasteiger partial charge in [-0.3, -0.25) is 4.79 Å². The Morgan fingerprint density at radius 1 is 1.53 bits per heavy atom. The molecule has 1 N–H and O–H groups in total. The lowest BCUT2D eigenvalue weighted by atomic mass is 10.1. The molecule has 0 aliphatic carbocycles. The van der Waals surface area contributed by atoms with Crippen LogP contribution in [0.15, 0.2) is 17.5 Å². The van der Waals surface area contributed by atoms with Gasteiger partial charge in [-0.25, -0.2) is 4.98 Å². The number of anilines is 1. The minimum absolute atomic E-state index is 0.0146. The molecule has 1 saturated heterocycles. The van der Waals surface area contributed by atoms with Crippen molar-refractivity contribution >= 4 is 33.7 Å². The second-order valence-corrected chi connectivity index (χ2v) is 6.64. The normalized spacial score (nSPS) is 18.7. The highest BCUT2D eigenvalue weighted by molar-refractivity contribution is 7.17. The Kier molecular flexibility index (Phi) is 3.63. The molecule has 1 aliphatic rings. The molecule has 3 heterocycles. The minimum atomic E-state index is -0.0312. The first-order chi connectivity index (χ1) is 9.22. The van der Waals surface area contributed by atoms with E-state index in [4.69, 9.17) is 4.74 Å². The molecule has 2 aromatic rings. The molecule has 1 amide bonds. The summed E-state index contributed by atoms with van der Waals surface area (Å²) in [6.45, 7) is 3.27. The fraction of sp³-hybridized carbons (Fsp3) is 0.385. The monoisotopic (exact) mass is 294 g/mol. The van der Waals surface area contributed by atoms with Gasteiger partial charge in [0.1, 0.15) is 0 Å². The summed E-state index contributed by atoms with van der Waals surface area (Å²) in [7, 11) is 0. The van der Waals surface area contributed by atoms with Crippen LogP contribution in [0, 0.1) is 12.8 Å².